The third-order valence-corrected chi connectivity index (χ3v) is 3.56. The normalized spacial score (nSPS) is 10.7. The second-order valence-electron chi connectivity index (χ2n) is 5.25. The fraction of sp³-hybridized carbons (Fsp3) is 0.250. The molecule has 0 aliphatic heterocycles. The van der Waals surface area contributed by atoms with E-state index in [1.54, 1.807) is 10.7 Å². The molecule has 3 rings (SSSR count). The van der Waals surface area contributed by atoms with Crippen LogP contribution in [0.4, 0.5) is 5.69 Å². The van der Waals surface area contributed by atoms with E-state index in [1.165, 1.54) is 0 Å². The summed E-state index contributed by atoms with van der Waals surface area (Å²) < 4.78 is 1.56. The number of carbonyl (C=O) groups excluding carboxylic acids is 1. The van der Waals surface area contributed by atoms with Crippen LogP contribution >= 0.6 is 0 Å². The summed E-state index contributed by atoms with van der Waals surface area (Å²) in [6.45, 7) is 3.09. The number of likely N-dealkylation sites (N-methyl/N-ethyl adjacent to an activating group) is 1. The molecule has 7 heteroatoms. The Morgan fingerprint density at radius 3 is 2.78 bits per heavy atom. The fourth-order valence-corrected chi connectivity index (χ4v) is 2.23. The van der Waals surface area contributed by atoms with Crippen LogP contribution in [0.2, 0.25) is 0 Å². The number of para-hydroxylation sites is 1. The molecule has 0 saturated carbocycles. The van der Waals surface area contributed by atoms with Crippen LogP contribution in [0.15, 0.2) is 42.6 Å². The van der Waals surface area contributed by atoms with Crippen LogP contribution in [0.1, 0.15) is 16.3 Å². The van der Waals surface area contributed by atoms with Crippen LogP contribution in [0.5, 0.6) is 0 Å². The third-order valence-electron chi connectivity index (χ3n) is 3.56. The largest absolute Gasteiger partial charge is 0.373 e. The highest BCUT2D eigenvalue weighted by Crippen LogP contribution is 2.09. The van der Waals surface area contributed by atoms with Gasteiger partial charge in [-0.15, -0.1) is 5.10 Å². The minimum Gasteiger partial charge on any atom is -0.373 e. The lowest BCUT2D eigenvalue weighted by Crippen LogP contribution is -2.33. The van der Waals surface area contributed by atoms with Crippen LogP contribution < -0.4 is 10.2 Å². The van der Waals surface area contributed by atoms with Crippen molar-refractivity contribution in [2.45, 2.75) is 6.92 Å². The number of fused-ring (bicyclic) bond motifs is 1. The molecule has 1 N–H and O–H groups in total. The molecular weight excluding hydrogens is 292 g/mol. The molecule has 0 spiro atoms. The maximum absolute atomic E-state index is 12.1. The molecule has 0 saturated heterocycles. The van der Waals surface area contributed by atoms with Crippen molar-refractivity contribution in [2.24, 2.45) is 0 Å². The van der Waals surface area contributed by atoms with E-state index < -0.39 is 0 Å². The number of anilines is 1. The summed E-state index contributed by atoms with van der Waals surface area (Å²) in [6, 6.07) is 11.8. The molecule has 23 heavy (non-hydrogen) atoms. The lowest BCUT2D eigenvalue weighted by molar-refractivity contribution is 0.0944. The molecule has 3 aromatic rings. The third kappa shape index (κ3) is 3.28. The van der Waals surface area contributed by atoms with E-state index in [0.717, 1.165) is 11.4 Å². The Morgan fingerprint density at radius 1 is 1.26 bits per heavy atom. The summed E-state index contributed by atoms with van der Waals surface area (Å²) >= 11 is 0. The van der Waals surface area contributed by atoms with Crippen molar-refractivity contribution in [3.63, 3.8) is 0 Å². The number of hydrogen-bond acceptors (Lipinski definition) is 5. The molecule has 1 amide bonds. The van der Waals surface area contributed by atoms with Gasteiger partial charge in [-0.2, -0.15) is 4.98 Å². The summed E-state index contributed by atoms with van der Waals surface area (Å²) in [4.78, 5) is 22.5. The summed E-state index contributed by atoms with van der Waals surface area (Å²) in [5.41, 5.74) is 1.98. The van der Waals surface area contributed by atoms with E-state index in [2.05, 4.69) is 25.3 Å². The van der Waals surface area contributed by atoms with Crippen LogP contribution in [-0.4, -0.2) is 45.6 Å². The Labute approximate surface area is 134 Å². The molecule has 0 unspecified atom stereocenters. The smallest absolute Gasteiger partial charge is 0.291 e. The van der Waals surface area contributed by atoms with Crippen molar-refractivity contribution in [2.75, 3.05) is 25.0 Å². The van der Waals surface area contributed by atoms with Crippen molar-refractivity contribution in [1.29, 1.82) is 0 Å². The Kier molecular flexibility index (Phi) is 4.18. The number of amides is 1. The lowest BCUT2D eigenvalue weighted by atomic mass is 10.3. The van der Waals surface area contributed by atoms with Crippen molar-refractivity contribution in [1.82, 2.24) is 24.9 Å². The van der Waals surface area contributed by atoms with Gasteiger partial charge in [0.05, 0.1) is 0 Å². The molecular formula is C16H18N6O. The number of benzene rings is 1. The Balaban J connectivity index is 1.59. The van der Waals surface area contributed by atoms with Crippen LogP contribution in [-0.2, 0) is 0 Å². The molecule has 0 fully saturated rings. The number of rotatable bonds is 5. The van der Waals surface area contributed by atoms with Crippen LogP contribution in [0, 0.1) is 6.92 Å². The van der Waals surface area contributed by atoms with Gasteiger partial charge >= 0.3 is 0 Å². The lowest BCUT2D eigenvalue weighted by Gasteiger charge is -2.19. The topological polar surface area (TPSA) is 75.4 Å². The first-order valence-electron chi connectivity index (χ1n) is 7.38. The van der Waals surface area contributed by atoms with E-state index in [0.29, 0.717) is 18.9 Å². The SMILES string of the molecule is Cc1ccnc2nc(C(=O)NCCN(C)c3ccccc3)nn12. The maximum atomic E-state index is 12.1. The molecule has 1 aromatic carbocycles. The highest BCUT2D eigenvalue weighted by molar-refractivity contribution is 5.90. The number of nitrogens with one attached hydrogen (secondary N) is 1. The van der Waals surface area contributed by atoms with Gasteiger partial charge in [0.1, 0.15) is 0 Å². The zero-order valence-corrected chi connectivity index (χ0v) is 13.1. The second-order valence-corrected chi connectivity index (χ2v) is 5.25. The molecule has 0 aliphatic carbocycles. The van der Waals surface area contributed by atoms with Gasteiger partial charge in [-0.1, -0.05) is 18.2 Å². The van der Waals surface area contributed by atoms with Crippen molar-refractivity contribution >= 4 is 17.4 Å². The molecule has 0 radical (unpaired) electrons. The summed E-state index contributed by atoms with van der Waals surface area (Å²) in [6.07, 6.45) is 1.65. The highest BCUT2D eigenvalue weighted by atomic mass is 16.2. The Hall–Kier alpha value is -2.96. The van der Waals surface area contributed by atoms with Gasteiger partial charge in [-0.05, 0) is 25.1 Å². The van der Waals surface area contributed by atoms with E-state index in [1.807, 2.05) is 50.4 Å². The predicted molar refractivity (Wildman–Crippen MR) is 87.6 cm³/mol. The van der Waals surface area contributed by atoms with Crippen LogP contribution in [0.3, 0.4) is 0 Å². The number of carbonyl (C=O) groups is 1. The Morgan fingerprint density at radius 2 is 2.04 bits per heavy atom. The minimum absolute atomic E-state index is 0.133. The van der Waals surface area contributed by atoms with E-state index >= 15 is 0 Å². The van der Waals surface area contributed by atoms with Crippen molar-refractivity contribution in [3.05, 3.63) is 54.1 Å². The van der Waals surface area contributed by atoms with Gasteiger partial charge < -0.3 is 10.2 Å². The fourth-order valence-electron chi connectivity index (χ4n) is 2.23. The molecule has 118 valence electrons. The summed E-state index contributed by atoms with van der Waals surface area (Å²) in [5.74, 6) is 0.266. The number of aryl methyl sites for hydroxylation is 1. The van der Waals surface area contributed by atoms with Gasteiger partial charge in [-0.3, -0.25) is 4.79 Å². The number of aromatic nitrogens is 4. The standard InChI is InChI=1S/C16H18N6O/c1-12-8-9-18-16-19-14(20-22(12)16)15(23)17-10-11-21(2)13-6-4-3-5-7-13/h3-9H,10-11H2,1-2H3,(H,17,23). The zero-order chi connectivity index (χ0) is 16.2. The average Bonchev–Trinajstić information content (AvgIpc) is 3.01. The first-order chi connectivity index (χ1) is 11.1. The second kappa shape index (κ2) is 6.43. The molecule has 2 heterocycles. The number of nitrogens with zero attached hydrogens (tertiary/aromatic N) is 5. The average molecular weight is 310 g/mol. The quantitative estimate of drug-likeness (QED) is 0.769. The van der Waals surface area contributed by atoms with Crippen LogP contribution in [0.25, 0.3) is 5.78 Å². The first-order valence-corrected chi connectivity index (χ1v) is 7.38. The summed E-state index contributed by atoms with van der Waals surface area (Å²) in [7, 11) is 1.98. The van der Waals surface area contributed by atoms with Gasteiger partial charge in [-0.25, -0.2) is 9.50 Å². The highest BCUT2D eigenvalue weighted by Gasteiger charge is 2.14. The monoisotopic (exact) mass is 310 g/mol. The summed E-state index contributed by atoms with van der Waals surface area (Å²) in [5, 5.41) is 7.02. The molecule has 7 nitrogen and oxygen atoms in total. The van der Waals surface area contributed by atoms with Gasteiger partial charge in [0.15, 0.2) is 0 Å². The predicted octanol–water partition coefficient (Wildman–Crippen LogP) is 1.30. The van der Waals surface area contributed by atoms with E-state index in [-0.39, 0.29) is 11.7 Å². The molecule has 0 atom stereocenters. The zero-order valence-electron chi connectivity index (χ0n) is 13.1. The van der Waals surface area contributed by atoms with Gasteiger partial charge in [0, 0.05) is 37.7 Å². The van der Waals surface area contributed by atoms with Gasteiger partial charge in [0.2, 0.25) is 5.82 Å². The van der Waals surface area contributed by atoms with Crippen molar-refractivity contribution in [3.8, 4) is 0 Å². The van der Waals surface area contributed by atoms with E-state index in [9.17, 15) is 4.79 Å². The minimum atomic E-state index is -0.295. The number of hydrogen-bond donors (Lipinski definition) is 1. The first kappa shape index (κ1) is 15.0. The van der Waals surface area contributed by atoms with E-state index in [4.69, 9.17) is 0 Å². The molecule has 2 aromatic heterocycles. The van der Waals surface area contributed by atoms with Gasteiger partial charge in [0.25, 0.3) is 11.7 Å². The Bertz CT molecular complexity index is 814. The van der Waals surface area contributed by atoms with Crippen molar-refractivity contribution < 1.29 is 4.79 Å². The molecule has 0 aliphatic rings. The molecule has 0 bridgehead atoms. The maximum Gasteiger partial charge on any atom is 0.291 e.